The SMILES string of the molecule is CCCN(CCC)C1CCc2ccccc2C1(N)C(C)C. The van der Waals surface area contributed by atoms with Gasteiger partial charge < -0.3 is 5.73 Å². The molecule has 1 aromatic carbocycles. The maximum Gasteiger partial charge on any atom is 0.0593 e. The van der Waals surface area contributed by atoms with Crippen molar-refractivity contribution in [2.45, 2.75) is 65.0 Å². The van der Waals surface area contributed by atoms with Crippen molar-refractivity contribution in [3.05, 3.63) is 35.4 Å². The molecule has 0 saturated carbocycles. The van der Waals surface area contributed by atoms with Gasteiger partial charge in [0, 0.05) is 6.04 Å². The van der Waals surface area contributed by atoms with Gasteiger partial charge in [-0.3, -0.25) is 4.90 Å². The number of benzene rings is 1. The first-order chi connectivity index (χ1) is 10.1. The second-order valence-electron chi connectivity index (χ2n) is 6.84. The lowest BCUT2D eigenvalue weighted by molar-refractivity contribution is 0.0716. The molecule has 2 heteroatoms. The molecule has 2 rings (SSSR count). The summed E-state index contributed by atoms with van der Waals surface area (Å²) < 4.78 is 0. The fraction of sp³-hybridized carbons (Fsp3) is 0.684. The van der Waals surface area contributed by atoms with Crippen LogP contribution < -0.4 is 5.73 Å². The lowest BCUT2D eigenvalue weighted by Crippen LogP contribution is -2.61. The van der Waals surface area contributed by atoms with Crippen LogP contribution in [0, 0.1) is 5.92 Å². The third-order valence-electron chi connectivity index (χ3n) is 5.14. The summed E-state index contributed by atoms with van der Waals surface area (Å²) in [5.74, 6) is 0.445. The van der Waals surface area contributed by atoms with Gasteiger partial charge in [-0.1, -0.05) is 52.0 Å². The zero-order valence-corrected chi connectivity index (χ0v) is 14.2. The van der Waals surface area contributed by atoms with Crippen LogP contribution >= 0.6 is 0 Å². The molecule has 1 aliphatic carbocycles. The number of nitrogens with two attached hydrogens (primary N) is 1. The van der Waals surface area contributed by atoms with Crippen molar-refractivity contribution in [3.63, 3.8) is 0 Å². The minimum atomic E-state index is -0.223. The predicted octanol–water partition coefficient (Wildman–Crippen LogP) is 3.93. The summed E-state index contributed by atoms with van der Waals surface area (Å²) in [7, 11) is 0. The van der Waals surface area contributed by atoms with Crippen LogP contribution in [0.4, 0.5) is 0 Å². The number of rotatable bonds is 6. The third kappa shape index (κ3) is 3.02. The molecule has 0 bridgehead atoms. The quantitative estimate of drug-likeness (QED) is 0.859. The average molecular weight is 288 g/mol. The van der Waals surface area contributed by atoms with Gasteiger partial charge in [-0.05, 0) is 55.8 Å². The molecule has 0 amide bonds. The molecule has 1 aromatic rings. The lowest BCUT2D eigenvalue weighted by Gasteiger charge is -2.50. The first-order valence-electron chi connectivity index (χ1n) is 8.66. The van der Waals surface area contributed by atoms with Crippen LogP contribution in [0.25, 0.3) is 0 Å². The Balaban J connectivity index is 2.42. The van der Waals surface area contributed by atoms with Gasteiger partial charge in [0.1, 0.15) is 0 Å². The Morgan fingerprint density at radius 2 is 1.81 bits per heavy atom. The van der Waals surface area contributed by atoms with Crippen molar-refractivity contribution >= 4 is 0 Å². The van der Waals surface area contributed by atoms with Crippen LogP contribution in [0.15, 0.2) is 24.3 Å². The highest BCUT2D eigenvalue weighted by atomic mass is 15.2. The largest absolute Gasteiger partial charge is 0.320 e. The fourth-order valence-electron chi connectivity index (χ4n) is 4.05. The molecule has 2 N–H and O–H groups in total. The van der Waals surface area contributed by atoms with E-state index in [4.69, 9.17) is 5.73 Å². The molecule has 2 nitrogen and oxygen atoms in total. The molecule has 21 heavy (non-hydrogen) atoms. The van der Waals surface area contributed by atoms with E-state index in [0.717, 1.165) is 19.5 Å². The van der Waals surface area contributed by atoms with Crippen molar-refractivity contribution in [1.29, 1.82) is 0 Å². The second-order valence-corrected chi connectivity index (χ2v) is 6.84. The van der Waals surface area contributed by atoms with E-state index in [1.54, 1.807) is 0 Å². The Morgan fingerprint density at radius 3 is 2.38 bits per heavy atom. The van der Waals surface area contributed by atoms with Gasteiger partial charge in [-0.15, -0.1) is 0 Å². The first-order valence-corrected chi connectivity index (χ1v) is 8.66. The number of aryl methyl sites for hydroxylation is 1. The van der Waals surface area contributed by atoms with E-state index in [0.29, 0.717) is 12.0 Å². The third-order valence-corrected chi connectivity index (χ3v) is 5.14. The van der Waals surface area contributed by atoms with Crippen molar-refractivity contribution in [3.8, 4) is 0 Å². The minimum absolute atomic E-state index is 0.223. The average Bonchev–Trinajstić information content (AvgIpc) is 2.47. The van der Waals surface area contributed by atoms with Crippen molar-refractivity contribution in [2.24, 2.45) is 11.7 Å². The van der Waals surface area contributed by atoms with Gasteiger partial charge in [-0.25, -0.2) is 0 Å². The van der Waals surface area contributed by atoms with E-state index in [2.05, 4.69) is 56.9 Å². The number of nitrogens with zero attached hydrogens (tertiary/aromatic N) is 1. The summed E-state index contributed by atoms with van der Waals surface area (Å²) in [6.45, 7) is 11.4. The van der Waals surface area contributed by atoms with E-state index in [9.17, 15) is 0 Å². The molecule has 0 saturated heterocycles. The van der Waals surface area contributed by atoms with E-state index in [1.165, 1.54) is 30.4 Å². The molecule has 2 unspecified atom stereocenters. The van der Waals surface area contributed by atoms with E-state index in [1.807, 2.05) is 0 Å². The smallest absolute Gasteiger partial charge is 0.0593 e. The van der Waals surface area contributed by atoms with Crippen LogP contribution in [0.1, 0.15) is 58.1 Å². The summed E-state index contributed by atoms with van der Waals surface area (Å²) in [4.78, 5) is 2.65. The van der Waals surface area contributed by atoms with Gasteiger partial charge in [0.25, 0.3) is 0 Å². The van der Waals surface area contributed by atoms with Crippen molar-refractivity contribution in [1.82, 2.24) is 4.90 Å². The molecule has 1 aliphatic rings. The predicted molar refractivity (Wildman–Crippen MR) is 91.4 cm³/mol. The molecule has 0 aliphatic heterocycles. The summed E-state index contributed by atoms with van der Waals surface area (Å²) in [5, 5.41) is 0. The summed E-state index contributed by atoms with van der Waals surface area (Å²) in [6.07, 6.45) is 4.75. The van der Waals surface area contributed by atoms with E-state index in [-0.39, 0.29) is 5.54 Å². The van der Waals surface area contributed by atoms with E-state index < -0.39 is 0 Å². The summed E-state index contributed by atoms with van der Waals surface area (Å²) >= 11 is 0. The molecule has 0 spiro atoms. The van der Waals surface area contributed by atoms with Crippen LogP contribution in [0.2, 0.25) is 0 Å². The van der Waals surface area contributed by atoms with Crippen molar-refractivity contribution < 1.29 is 0 Å². The van der Waals surface area contributed by atoms with Crippen LogP contribution in [0.3, 0.4) is 0 Å². The summed E-state index contributed by atoms with van der Waals surface area (Å²) in [5.41, 5.74) is 9.69. The Bertz CT molecular complexity index is 449. The number of hydrogen-bond donors (Lipinski definition) is 1. The number of fused-ring (bicyclic) bond motifs is 1. The Kier molecular flexibility index (Phi) is 5.45. The molecule has 0 radical (unpaired) electrons. The van der Waals surface area contributed by atoms with Crippen molar-refractivity contribution in [2.75, 3.05) is 13.1 Å². The highest BCUT2D eigenvalue weighted by Gasteiger charge is 2.45. The topological polar surface area (TPSA) is 29.3 Å². The highest BCUT2D eigenvalue weighted by molar-refractivity contribution is 5.38. The maximum absolute atomic E-state index is 7.08. The Morgan fingerprint density at radius 1 is 1.19 bits per heavy atom. The minimum Gasteiger partial charge on any atom is -0.320 e. The standard InChI is InChI=1S/C19H32N2/c1-5-13-21(14-6-2)18-12-11-16-9-7-8-10-17(16)19(18,20)15(3)4/h7-10,15,18H,5-6,11-14,20H2,1-4H3. The van der Waals surface area contributed by atoms with Gasteiger partial charge in [0.05, 0.1) is 5.54 Å². The maximum atomic E-state index is 7.08. The zero-order valence-electron chi connectivity index (χ0n) is 14.2. The highest BCUT2D eigenvalue weighted by Crippen LogP contribution is 2.41. The first kappa shape index (κ1) is 16.5. The normalized spacial score (nSPS) is 25.4. The Hall–Kier alpha value is -0.860. The van der Waals surface area contributed by atoms with Crippen LogP contribution in [0.5, 0.6) is 0 Å². The van der Waals surface area contributed by atoms with Crippen LogP contribution in [-0.4, -0.2) is 24.0 Å². The molecule has 118 valence electrons. The molecular weight excluding hydrogens is 256 g/mol. The molecule has 0 heterocycles. The van der Waals surface area contributed by atoms with E-state index >= 15 is 0 Å². The molecule has 2 atom stereocenters. The second kappa shape index (κ2) is 6.93. The monoisotopic (exact) mass is 288 g/mol. The molecule has 0 aromatic heterocycles. The van der Waals surface area contributed by atoms with Gasteiger partial charge in [-0.2, -0.15) is 0 Å². The number of hydrogen-bond acceptors (Lipinski definition) is 2. The lowest BCUT2D eigenvalue weighted by atomic mass is 9.67. The fourth-order valence-corrected chi connectivity index (χ4v) is 4.05. The van der Waals surface area contributed by atoms with Gasteiger partial charge >= 0.3 is 0 Å². The summed E-state index contributed by atoms with van der Waals surface area (Å²) in [6, 6.07) is 9.29. The zero-order chi connectivity index (χ0) is 15.5. The van der Waals surface area contributed by atoms with Crippen LogP contribution in [-0.2, 0) is 12.0 Å². The molecule has 0 fully saturated rings. The van der Waals surface area contributed by atoms with Gasteiger partial charge in [0.2, 0.25) is 0 Å². The molecular formula is C19H32N2. The van der Waals surface area contributed by atoms with Gasteiger partial charge in [0.15, 0.2) is 0 Å². The Labute approximate surface area is 130 Å².